The quantitative estimate of drug-likeness (QED) is 0.708. The van der Waals surface area contributed by atoms with Crippen molar-refractivity contribution in [3.63, 3.8) is 0 Å². The Morgan fingerprint density at radius 1 is 1.11 bits per heavy atom. The van der Waals surface area contributed by atoms with Crippen LogP contribution < -0.4 is 0 Å². The second-order valence-corrected chi connectivity index (χ2v) is 8.20. The number of nitrogens with zero attached hydrogens (tertiary/aromatic N) is 3. The highest BCUT2D eigenvalue weighted by Crippen LogP contribution is 2.34. The van der Waals surface area contributed by atoms with Gasteiger partial charge in [-0.15, -0.1) is 0 Å². The lowest BCUT2D eigenvalue weighted by Crippen LogP contribution is -2.46. The minimum atomic E-state index is -0.0392. The highest BCUT2D eigenvalue weighted by atomic mass is 16.3. The van der Waals surface area contributed by atoms with Crippen LogP contribution in [0.2, 0.25) is 0 Å². The van der Waals surface area contributed by atoms with E-state index in [-0.39, 0.29) is 12.0 Å². The van der Waals surface area contributed by atoms with Crippen LogP contribution in [-0.2, 0) is 13.0 Å². The van der Waals surface area contributed by atoms with Crippen molar-refractivity contribution in [2.75, 3.05) is 19.7 Å². The van der Waals surface area contributed by atoms with Crippen molar-refractivity contribution in [3.05, 3.63) is 83.7 Å². The van der Waals surface area contributed by atoms with Crippen LogP contribution in [0.3, 0.4) is 0 Å². The zero-order valence-electron chi connectivity index (χ0n) is 16.6. The first-order valence-electron chi connectivity index (χ1n) is 10.1. The first-order chi connectivity index (χ1) is 13.7. The zero-order valence-corrected chi connectivity index (χ0v) is 16.6. The fourth-order valence-electron chi connectivity index (χ4n) is 4.47. The second-order valence-electron chi connectivity index (χ2n) is 8.20. The summed E-state index contributed by atoms with van der Waals surface area (Å²) in [4.78, 5) is 2.51. The molecule has 1 saturated heterocycles. The highest BCUT2D eigenvalue weighted by molar-refractivity contribution is 5.39. The molecule has 0 bridgehead atoms. The number of aromatic nitrogens is 2. The molecule has 4 heteroatoms. The molecule has 4 nitrogen and oxygen atoms in total. The number of aliphatic hydroxyl groups excluding tert-OH is 1. The molecule has 0 spiro atoms. The Bertz CT molecular complexity index is 891. The number of rotatable bonds is 6. The molecular weight excluding hydrogens is 346 g/mol. The maximum Gasteiger partial charge on any atom is 0.0648 e. The smallest absolute Gasteiger partial charge is 0.0648 e. The van der Waals surface area contributed by atoms with Gasteiger partial charge in [-0.1, -0.05) is 36.4 Å². The molecule has 3 aromatic rings. The van der Waals surface area contributed by atoms with Crippen molar-refractivity contribution in [1.82, 2.24) is 14.7 Å². The minimum absolute atomic E-state index is 0.0392. The Balaban J connectivity index is 1.47. The Morgan fingerprint density at radius 3 is 2.68 bits per heavy atom. The van der Waals surface area contributed by atoms with E-state index >= 15 is 0 Å². The van der Waals surface area contributed by atoms with Gasteiger partial charge in [0.15, 0.2) is 0 Å². The summed E-state index contributed by atoms with van der Waals surface area (Å²) in [7, 11) is 0. The van der Waals surface area contributed by atoms with Crippen LogP contribution in [0.5, 0.6) is 0 Å². The number of benzene rings is 2. The highest BCUT2D eigenvalue weighted by Gasteiger charge is 2.35. The van der Waals surface area contributed by atoms with Crippen LogP contribution in [-0.4, -0.2) is 39.5 Å². The zero-order chi connectivity index (χ0) is 19.4. The van der Waals surface area contributed by atoms with Gasteiger partial charge in [0.1, 0.15) is 0 Å². The molecule has 28 heavy (non-hydrogen) atoms. The molecule has 1 aromatic heterocycles. The van der Waals surface area contributed by atoms with Gasteiger partial charge in [-0.25, -0.2) is 4.68 Å². The topological polar surface area (TPSA) is 41.3 Å². The standard InChI is InChI=1S/C24H29N3O/c1-20-15-23(27-14-6-12-25-27)10-9-22(20)17-26-13-5-11-24(18-26,19-28)16-21-7-3-2-4-8-21/h2-4,6-10,12,14-15,28H,5,11,13,16-19H2,1H3/t24-/m0/s1. The summed E-state index contributed by atoms with van der Waals surface area (Å²) < 4.78 is 1.90. The fourth-order valence-corrected chi connectivity index (χ4v) is 4.47. The molecule has 1 aliphatic heterocycles. The lowest BCUT2D eigenvalue weighted by atomic mass is 9.75. The van der Waals surface area contributed by atoms with E-state index in [1.165, 1.54) is 16.7 Å². The van der Waals surface area contributed by atoms with Crippen LogP contribution in [0.25, 0.3) is 5.69 Å². The SMILES string of the molecule is Cc1cc(-n2cccn2)ccc1CN1CCC[C@](CO)(Cc2ccccc2)C1. The van der Waals surface area contributed by atoms with Crippen LogP contribution in [0.1, 0.15) is 29.5 Å². The van der Waals surface area contributed by atoms with Crippen molar-refractivity contribution in [1.29, 1.82) is 0 Å². The average Bonchev–Trinajstić information content (AvgIpc) is 3.25. The van der Waals surface area contributed by atoms with Gasteiger partial charge in [-0.05, 0) is 67.6 Å². The maximum atomic E-state index is 10.2. The monoisotopic (exact) mass is 375 g/mol. The molecule has 0 unspecified atom stereocenters. The number of likely N-dealkylation sites (tertiary alicyclic amines) is 1. The van der Waals surface area contributed by atoms with Gasteiger partial charge in [0.2, 0.25) is 0 Å². The molecule has 146 valence electrons. The molecule has 1 atom stereocenters. The molecule has 1 fully saturated rings. The predicted molar refractivity (Wildman–Crippen MR) is 112 cm³/mol. The van der Waals surface area contributed by atoms with Crippen molar-refractivity contribution in [2.24, 2.45) is 5.41 Å². The molecule has 2 aromatic carbocycles. The number of aliphatic hydroxyl groups is 1. The number of hydrogen-bond donors (Lipinski definition) is 1. The largest absolute Gasteiger partial charge is 0.396 e. The van der Waals surface area contributed by atoms with Gasteiger partial charge < -0.3 is 5.11 Å². The molecule has 0 radical (unpaired) electrons. The number of aryl methyl sites for hydroxylation is 1. The summed E-state index contributed by atoms with van der Waals surface area (Å²) in [6, 6.07) is 19.1. The summed E-state index contributed by atoms with van der Waals surface area (Å²) in [6.45, 7) is 5.39. The normalized spacial score (nSPS) is 20.4. The van der Waals surface area contributed by atoms with Gasteiger partial charge >= 0.3 is 0 Å². The van der Waals surface area contributed by atoms with E-state index in [1.807, 2.05) is 16.9 Å². The van der Waals surface area contributed by atoms with Crippen molar-refractivity contribution < 1.29 is 5.11 Å². The predicted octanol–water partition coefficient (Wildman–Crippen LogP) is 4.00. The average molecular weight is 376 g/mol. The Labute approximate surface area is 167 Å². The minimum Gasteiger partial charge on any atom is -0.396 e. The third-order valence-corrected chi connectivity index (χ3v) is 5.99. The van der Waals surface area contributed by atoms with Crippen LogP contribution in [0.4, 0.5) is 0 Å². The number of piperidine rings is 1. The van der Waals surface area contributed by atoms with Gasteiger partial charge in [-0.2, -0.15) is 5.10 Å². The molecule has 0 saturated carbocycles. The first-order valence-corrected chi connectivity index (χ1v) is 10.1. The van der Waals surface area contributed by atoms with Gasteiger partial charge in [-0.3, -0.25) is 4.90 Å². The van der Waals surface area contributed by atoms with Crippen molar-refractivity contribution in [2.45, 2.75) is 32.7 Å². The third-order valence-electron chi connectivity index (χ3n) is 5.99. The van der Waals surface area contributed by atoms with E-state index in [0.717, 1.165) is 44.6 Å². The maximum absolute atomic E-state index is 10.2. The summed E-state index contributed by atoms with van der Waals surface area (Å²) in [5, 5.41) is 14.6. The van der Waals surface area contributed by atoms with E-state index < -0.39 is 0 Å². The molecular formula is C24H29N3O. The lowest BCUT2D eigenvalue weighted by molar-refractivity contribution is 0.0288. The summed E-state index contributed by atoms with van der Waals surface area (Å²) in [6.07, 6.45) is 6.94. The van der Waals surface area contributed by atoms with Crippen LogP contribution in [0.15, 0.2) is 67.0 Å². The third kappa shape index (κ3) is 4.18. The number of hydrogen-bond acceptors (Lipinski definition) is 3. The molecule has 1 N–H and O–H groups in total. The van der Waals surface area contributed by atoms with Gasteiger partial charge in [0.25, 0.3) is 0 Å². The van der Waals surface area contributed by atoms with E-state index in [0.29, 0.717) is 0 Å². The van der Waals surface area contributed by atoms with Crippen LogP contribution in [0, 0.1) is 12.3 Å². The van der Waals surface area contributed by atoms with E-state index in [2.05, 4.69) is 65.5 Å². The lowest BCUT2D eigenvalue weighted by Gasteiger charge is -2.42. The van der Waals surface area contributed by atoms with E-state index in [9.17, 15) is 5.11 Å². The Morgan fingerprint density at radius 2 is 1.96 bits per heavy atom. The molecule has 0 amide bonds. The Kier molecular flexibility index (Phi) is 5.60. The van der Waals surface area contributed by atoms with E-state index in [1.54, 1.807) is 6.20 Å². The fraction of sp³-hybridized carbons (Fsp3) is 0.375. The summed E-state index contributed by atoms with van der Waals surface area (Å²) in [5.74, 6) is 0. The summed E-state index contributed by atoms with van der Waals surface area (Å²) >= 11 is 0. The van der Waals surface area contributed by atoms with Crippen LogP contribution >= 0.6 is 0 Å². The van der Waals surface area contributed by atoms with Gasteiger partial charge in [0.05, 0.1) is 12.3 Å². The molecule has 1 aliphatic rings. The Hall–Kier alpha value is -2.43. The summed E-state index contributed by atoms with van der Waals surface area (Å²) in [5.41, 5.74) is 5.01. The molecule has 2 heterocycles. The molecule has 0 aliphatic carbocycles. The van der Waals surface area contributed by atoms with Crippen molar-refractivity contribution in [3.8, 4) is 5.69 Å². The van der Waals surface area contributed by atoms with Gasteiger partial charge in [0, 0.05) is 30.9 Å². The second kappa shape index (κ2) is 8.29. The van der Waals surface area contributed by atoms with E-state index in [4.69, 9.17) is 0 Å². The van der Waals surface area contributed by atoms with Crippen molar-refractivity contribution >= 4 is 0 Å². The molecule has 4 rings (SSSR count). The first kappa shape index (κ1) is 18.9.